The zero-order valence-corrected chi connectivity index (χ0v) is 8.20. The second kappa shape index (κ2) is 7.48. The van der Waals surface area contributed by atoms with Gasteiger partial charge in [0.05, 0.1) is 18.0 Å². The maximum absolute atomic E-state index is 9.80. The molecule has 6 heteroatoms. The van der Waals surface area contributed by atoms with E-state index in [0.717, 1.165) is 0 Å². The van der Waals surface area contributed by atoms with E-state index in [1.54, 1.807) is 7.05 Å². The van der Waals surface area contributed by atoms with E-state index < -0.39 is 0 Å². The minimum Gasteiger partial charge on any atom is -0.377 e. The number of rotatable bonds is 5. The first-order chi connectivity index (χ1) is 6.20. The van der Waals surface area contributed by atoms with Gasteiger partial charge >= 0.3 is 0 Å². The molecular formula is C7H16N4O2. The van der Waals surface area contributed by atoms with Crippen molar-refractivity contribution in [1.82, 2.24) is 10.7 Å². The van der Waals surface area contributed by atoms with Crippen LogP contribution in [-0.4, -0.2) is 32.3 Å². The fourth-order valence-electron chi connectivity index (χ4n) is 0.676. The molecule has 0 saturated heterocycles. The zero-order chi connectivity index (χ0) is 10.1. The van der Waals surface area contributed by atoms with Gasteiger partial charge in [-0.15, -0.1) is 4.91 Å². The summed E-state index contributed by atoms with van der Waals surface area (Å²) >= 11 is 0. The molecule has 0 aromatic carbocycles. The van der Waals surface area contributed by atoms with E-state index >= 15 is 0 Å². The summed E-state index contributed by atoms with van der Waals surface area (Å²) in [6, 6.07) is 0. The molecule has 0 aromatic heterocycles. The molecule has 0 bridgehead atoms. The lowest BCUT2D eigenvalue weighted by Crippen LogP contribution is -2.36. The predicted molar refractivity (Wildman–Crippen MR) is 51.4 cm³/mol. The predicted octanol–water partition coefficient (Wildman–Crippen LogP) is 0.258. The first-order valence-electron chi connectivity index (χ1n) is 4.11. The van der Waals surface area contributed by atoms with Gasteiger partial charge < -0.3 is 10.1 Å². The Morgan fingerprint density at radius 3 is 2.69 bits per heavy atom. The molecule has 0 saturated carbocycles. The van der Waals surface area contributed by atoms with Crippen LogP contribution < -0.4 is 10.7 Å². The van der Waals surface area contributed by atoms with E-state index in [-0.39, 0.29) is 6.10 Å². The van der Waals surface area contributed by atoms with Crippen LogP contribution in [0.15, 0.2) is 10.3 Å². The summed E-state index contributed by atoms with van der Waals surface area (Å²) in [6.07, 6.45) is 0.209. The summed E-state index contributed by atoms with van der Waals surface area (Å²) < 4.78 is 5.26. The lowest BCUT2D eigenvalue weighted by Gasteiger charge is -2.09. The molecule has 0 aromatic rings. The Hall–Kier alpha value is -1.17. The number of ether oxygens (including phenoxy) is 1. The van der Waals surface area contributed by atoms with E-state index in [4.69, 9.17) is 4.74 Å². The minimum absolute atomic E-state index is 0.209. The van der Waals surface area contributed by atoms with E-state index in [1.165, 1.54) is 0 Å². The Kier molecular flexibility index (Phi) is 6.80. The Morgan fingerprint density at radius 1 is 1.54 bits per heavy atom. The Morgan fingerprint density at radius 2 is 2.23 bits per heavy atom. The third-order valence-corrected chi connectivity index (χ3v) is 1.22. The summed E-state index contributed by atoms with van der Waals surface area (Å²) in [5.41, 5.74) is 2.17. The molecule has 0 amide bonds. The second-order valence-corrected chi connectivity index (χ2v) is 2.62. The van der Waals surface area contributed by atoms with Crippen molar-refractivity contribution < 1.29 is 4.74 Å². The Labute approximate surface area is 77.7 Å². The van der Waals surface area contributed by atoms with Gasteiger partial charge in [0.1, 0.15) is 0 Å². The number of hydrogen-bond acceptors (Lipinski definition) is 4. The van der Waals surface area contributed by atoms with Crippen LogP contribution >= 0.6 is 0 Å². The fourth-order valence-corrected chi connectivity index (χ4v) is 0.676. The monoisotopic (exact) mass is 188 g/mol. The van der Waals surface area contributed by atoms with Crippen molar-refractivity contribution >= 4 is 5.96 Å². The van der Waals surface area contributed by atoms with Crippen molar-refractivity contribution in [2.45, 2.75) is 20.0 Å². The molecule has 0 spiro atoms. The van der Waals surface area contributed by atoms with Gasteiger partial charge in [-0.3, -0.25) is 4.99 Å². The van der Waals surface area contributed by atoms with Crippen LogP contribution in [-0.2, 0) is 4.74 Å². The van der Waals surface area contributed by atoms with Crippen LogP contribution in [0.2, 0.25) is 0 Å². The van der Waals surface area contributed by atoms with Crippen LogP contribution in [0.1, 0.15) is 13.8 Å². The van der Waals surface area contributed by atoms with Crippen LogP contribution in [0, 0.1) is 4.91 Å². The molecule has 0 aliphatic carbocycles. The maximum atomic E-state index is 9.80. The molecule has 0 aliphatic rings. The van der Waals surface area contributed by atoms with Gasteiger partial charge in [0.2, 0.25) is 5.96 Å². The van der Waals surface area contributed by atoms with Gasteiger partial charge in [-0.1, -0.05) is 0 Å². The first kappa shape index (κ1) is 11.8. The maximum Gasteiger partial charge on any atom is 0.214 e. The van der Waals surface area contributed by atoms with Crippen LogP contribution in [0.3, 0.4) is 0 Å². The summed E-state index contributed by atoms with van der Waals surface area (Å²) in [7, 11) is 1.56. The summed E-state index contributed by atoms with van der Waals surface area (Å²) in [4.78, 5) is 13.5. The summed E-state index contributed by atoms with van der Waals surface area (Å²) in [6.45, 7) is 5.07. The highest BCUT2D eigenvalue weighted by Crippen LogP contribution is 1.84. The van der Waals surface area contributed by atoms with Crippen molar-refractivity contribution in [3.63, 3.8) is 0 Å². The Bertz CT molecular complexity index is 170. The minimum atomic E-state index is 0.209. The molecule has 0 atom stereocenters. The number of guanidine groups is 1. The van der Waals surface area contributed by atoms with Crippen LogP contribution in [0.4, 0.5) is 0 Å². The third kappa shape index (κ3) is 7.20. The first-order valence-corrected chi connectivity index (χ1v) is 4.11. The molecule has 0 radical (unpaired) electrons. The van der Waals surface area contributed by atoms with E-state index in [1.807, 2.05) is 13.8 Å². The quantitative estimate of drug-likeness (QED) is 0.213. The number of nitroso groups, excluding NO2 is 1. The van der Waals surface area contributed by atoms with Gasteiger partial charge in [-0.05, 0) is 13.8 Å². The summed E-state index contributed by atoms with van der Waals surface area (Å²) in [5.74, 6) is 0.349. The van der Waals surface area contributed by atoms with Gasteiger partial charge in [0, 0.05) is 13.6 Å². The van der Waals surface area contributed by atoms with E-state index in [2.05, 4.69) is 21.0 Å². The van der Waals surface area contributed by atoms with Gasteiger partial charge in [-0.25, -0.2) is 5.43 Å². The van der Waals surface area contributed by atoms with Gasteiger partial charge in [0.25, 0.3) is 0 Å². The topological polar surface area (TPSA) is 75.1 Å². The average molecular weight is 188 g/mol. The molecule has 0 rings (SSSR count). The standard InChI is InChI=1S/C7H16N4O2/c1-6(2)13-5-4-9-7(8-3)10-11-12/h6H,4-5H2,1-3H3,(H2,8,9,10,12). The van der Waals surface area contributed by atoms with E-state index in [9.17, 15) is 4.91 Å². The van der Waals surface area contributed by atoms with Gasteiger partial charge in [0.15, 0.2) is 0 Å². The lowest BCUT2D eigenvalue weighted by molar-refractivity contribution is 0.0829. The molecule has 76 valence electrons. The van der Waals surface area contributed by atoms with Crippen molar-refractivity contribution in [3.05, 3.63) is 4.91 Å². The van der Waals surface area contributed by atoms with Crippen molar-refractivity contribution in [2.75, 3.05) is 20.2 Å². The number of aliphatic imine (C=N–C) groups is 1. The average Bonchev–Trinajstić information content (AvgIpc) is 2.10. The summed E-state index contributed by atoms with van der Waals surface area (Å²) in [5, 5.41) is 5.33. The fraction of sp³-hybridized carbons (Fsp3) is 0.857. The van der Waals surface area contributed by atoms with Crippen LogP contribution in [0.25, 0.3) is 0 Å². The molecule has 2 N–H and O–H groups in total. The smallest absolute Gasteiger partial charge is 0.214 e. The zero-order valence-electron chi connectivity index (χ0n) is 8.20. The van der Waals surface area contributed by atoms with Crippen molar-refractivity contribution in [3.8, 4) is 0 Å². The van der Waals surface area contributed by atoms with Crippen molar-refractivity contribution in [2.24, 2.45) is 10.3 Å². The van der Waals surface area contributed by atoms with Crippen LogP contribution in [0.5, 0.6) is 0 Å². The molecule has 0 heterocycles. The molecule has 0 fully saturated rings. The number of hydrogen-bond donors (Lipinski definition) is 2. The normalized spacial score (nSPS) is 11.5. The van der Waals surface area contributed by atoms with E-state index in [0.29, 0.717) is 19.1 Å². The highest BCUT2D eigenvalue weighted by molar-refractivity contribution is 5.79. The third-order valence-electron chi connectivity index (χ3n) is 1.22. The molecule has 6 nitrogen and oxygen atoms in total. The highest BCUT2D eigenvalue weighted by atomic mass is 16.5. The SMILES string of the molecule is CN=C(NCCOC(C)C)NN=O. The second-order valence-electron chi connectivity index (χ2n) is 2.62. The van der Waals surface area contributed by atoms with Gasteiger partial charge in [-0.2, -0.15) is 0 Å². The molecule has 0 aliphatic heterocycles. The number of nitrogens with zero attached hydrogens (tertiary/aromatic N) is 2. The lowest BCUT2D eigenvalue weighted by atomic mass is 10.5. The Balaban J connectivity index is 3.44. The number of nitrogens with one attached hydrogen (secondary N) is 2. The molecule has 13 heavy (non-hydrogen) atoms. The largest absolute Gasteiger partial charge is 0.377 e. The highest BCUT2D eigenvalue weighted by Gasteiger charge is 1.96. The van der Waals surface area contributed by atoms with Crippen molar-refractivity contribution in [1.29, 1.82) is 0 Å². The molecule has 0 unspecified atom stereocenters. The molecular weight excluding hydrogens is 172 g/mol.